The summed E-state index contributed by atoms with van der Waals surface area (Å²) in [5.74, 6) is -2.36. The van der Waals surface area contributed by atoms with Crippen molar-refractivity contribution in [3.63, 3.8) is 0 Å². The molecule has 3 aromatic carbocycles. The van der Waals surface area contributed by atoms with Crippen LogP contribution in [-0.4, -0.2) is 11.9 Å². The molecule has 3 aromatic rings. The fourth-order valence-electron chi connectivity index (χ4n) is 4.10. The molecule has 162 valence electrons. The third-order valence-electron chi connectivity index (χ3n) is 5.71. The van der Waals surface area contributed by atoms with Crippen LogP contribution in [0, 0.1) is 11.8 Å². The van der Waals surface area contributed by atoms with E-state index in [9.17, 15) is 9.59 Å². The predicted octanol–water partition coefficient (Wildman–Crippen LogP) is 5.58. The largest absolute Gasteiger partial charge is 0.460 e. The highest BCUT2D eigenvalue weighted by molar-refractivity contribution is 5.97. The molecule has 0 radical (unpaired) electrons. The average molecular weight is 427 g/mol. The van der Waals surface area contributed by atoms with Gasteiger partial charge in [0.2, 0.25) is 0 Å². The lowest BCUT2D eigenvalue weighted by atomic mass is 9.83. The minimum absolute atomic E-state index is 0.124. The Morgan fingerprint density at radius 1 is 0.719 bits per heavy atom. The smallest absolute Gasteiger partial charge is 0.321 e. The van der Waals surface area contributed by atoms with E-state index in [2.05, 4.69) is 6.08 Å². The Kier molecular flexibility index (Phi) is 7.13. The second-order valence-corrected chi connectivity index (χ2v) is 7.87. The van der Waals surface area contributed by atoms with E-state index in [1.807, 2.05) is 91.0 Å². The van der Waals surface area contributed by atoms with E-state index < -0.39 is 17.9 Å². The van der Waals surface area contributed by atoms with Gasteiger partial charge in [-0.05, 0) is 35.1 Å². The Labute approximate surface area is 188 Å². The van der Waals surface area contributed by atoms with Crippen LogP contribution in [0.5, 0.6) is 0 Å². The maximum Gasteiger partial charge on any atom is 0.321 e. The van der Waals surface area contributed by atoms with E-state index in [-0.39, 0.29) is 19.1 Å². The predicted molar refractivity (Wildman–Crippen MR) is 123 cm³/mol. The topological polar surface area (TPSA) is 52.6 Å². The summed E-state index contributed by atoms with van der Waals surface area (Å²) >= 11 is 0. The number of hydrogen-bond donors (Lipinski definition) is 0. The maximum atomic E-state index is 13.2. The molecule has 0 bridgehead atoms. The number of ether oxygens (including phenoxy) is 2. The Morgan fingerprint density at radius 2 is 1.19 bits per heavy atom. The van der Waals surface area contributed by atoms with E-state index in [1.54, 1.807) is 0 Å². The van der Waals surface area contributed by atoms with Crippen molar-refractivity contribution in [1.82, 2.24) is 0 Å². The van der Waals surface area contributed by atoms with Crippen LogP contribution in [0.25, 0.3) is 5.57 Å². The molecule has 0 amide bonds. The van der Waals surface area contributed by atoms with Crippen molar-refractivity contribution < 1.29 is 19.1 Å². The number of esters is 2. The Morgan fingerprint density at radius 3 is 1.69 bits per heavy atom. The molecule has 0 heterocycles. The van der Waals surface area contributed by atoms with Gasteiger partial charge in [-0.2, -0.15) is 0 Å². The van der Waals surface area contributed by atoms with Crippen LogP contribution >= 0.6 is 0 Å². The van der Waals surface area contributed by atoms with Crippen LogP contribution in [0.3, 0.4) is 0 Å². The molecule has 0 spiro atoms. The van der Waals surface area contributed by atoms with Crippen LogP contribution in [0.15, 0.2) is 97.1 Å². The van der Waals surface area contributed by atoms with Gasteiger partial charge in [0.1, 0.15) is 13.2 Å². The van der Waals surface area contributed by atoms with Gasteiger partial charge in [-0.25, -0.2) is 0 Å². The van der Waals surface area contributed by atoms with Crippen molar-refractivity contribution in [1.29, 1.82) is 0 Å². The van der Waals surface area contributed by atoms with E-state index in [0.717, 1.165) is 28.7 Å². The van der Waals surface area contributed by atoms with Gasteiger partial charge in [0.15, 0.2) is 5.92 Å². The van der Waals surface area contributed by atoms with Crippen molar-refractivity contribution in [2.75, 3.05) is 0 Å². The normalized spacial score (nSPS) is 15.3. The lowest BCUT2D eigenvalue weighted by molar-refractivity contribution is -0.165. The fraction of sp³-hybridized carbons (Fsp3) is 0.214. The third kappa shape index (κ3) is 5.33. The molecule has 0 aromatic heterocycles. The molecule has 0 saturated carbocycles. The first-order chi connectivity index (χ1) is 15.7. The van der Waals surface area contributed by atoms with Gasteiger partial charge in [0.05, 0.1) is 0 Å². The van der Waals surface area contributed by atoms with Gasteiger partial charge in [0, 0.05) is 5.92 Å². The summed E-state index contributed by atoms with van der Waals surface area (Å²) < 4.78 is 11.2. The van der Waals surface area contributed by atoms with Crippen LogP contribution in [0.2, 0.25) is 0 Å². The minimum Gasteiger partial charge on any atom is -0.460 e. The number of allylic oxidation sites excluding steroid dienone is 2. The van der Waals surface area contributed by atoms with E-state index in [0.29, 0.717) is 6.42 Å². The molecular weight excluding hydrogens is 400 g/mol. The molecule has 1 aliphatic rings. The molecule has 1 atom stereocenters. The third-order valence-corrected chi connectivity index (χ3v) is 5.71. The van der Waals surface area contributed by atoms with Crippen molar-refractivity contribution in [2.24, 2.45) is 11.8 Å². The van der Waals surface area contributed by atoms with E-state index in [4.69, 9.17) is 9.47 Å². The highest BCUT2D eigenvalue weighted by Gasteiger charge is 2.41. The molecule has 1 unspecified atom stereocenters. The quantitative estimate of drug-likeness (QED) is 0.348. The molecule has 0 saturated heterocycles. The second-order valence-electron chi connectivity index (χ2n) is 7.87. The highest BCUT2D eigenvalue weighted by atomic mass is 16.6. The minimum atomic E-state index is -1.00. The van der Waals surface area contributed by atoms with Crippen LogP contribution in [0.4, 0.5) is 0 Å². The van der Waals surface area contributed by atoms with Gasteiger partial charge in [-0.15, -0.1) is 0 Å². The summed E-state index contributed by atoms with van der Waals surface area (Å²) in [5.41, 5.74) is 3.78. The Bertz CT molecular complexity index is 1000. The molecule has 0 fully saturated rings. The molecule has 0 N–H and O–H groups in total. The second kappa shape index (κ2) is 10.6. The first-order valence-electron chi connectivity index (χ1n) is 10.9. The first kappa shape index (κ1) is 21.6. The molecule has 4 rings (SSSR count). The summed E-state index contributed by atoms with van der Waals surface area (Å²) in [5, 5.41) is 0. The number of hydrogen-bond acceptors (Lipinski definition) is 4. The maximum absolute atomic E-state index is 13.2. The van der Waals surface area contributed by atoms with E-state index in [1.165, 1.54) is 0 Å². The summed E-state index contributed by atoms with van der Waals surface area (Å²) in [7, 11) is 0. The molecule has 1 aliphatic carbocycles. The zero-order valence-corrected chi connectivity index (χ0v) is 17.9. The van der Waals surface area contributed by atoms with Crippen molar-refractivity contribution in [2.45, 2.75) is 26.1 Å². The molecule has 4 nitrogen and oxygen atoms in total. The lowest BCUT2D eigenvalue weighted by Crippen LogP contribution is -2.34. The van der Waals surface area contributed by atoms with Crippen molar-refractivity contribution >= 4 is 17.5 Å². The summed E-state index contributed by atoms with van der Waals surface area (Å²) in [6.07, 6.45) is 3.63. The monoisotopic (exact) mass is 426 g/mol. The zero-order chi connectivity index (χ0) is 22.2. The highest BCUT2D eigenvalue weighted by Crippen LogP contribution is 2.40. The Balaban J connectivity index is 1.53. The van der Waals surface area contributed by atoms with Crippen molar-refractivity contribution in [3.8, 4) is 0 Å². The zero-order valence-electron chi connectivity index (χ0n) is 17.9. The number of carbonyl (C=O) groups is 2. The van der Waals surface area contributed by atoms with Gasteiger partial charge >= 0.3 is 11.9 Å². The first-order valence-corrected chi connectivity index (χ1v) is 10.9. The van der Waals surface area contributed by atoms with Gasteiger partial charge in [0.25, 0.3) is 0 Å². The molecule has 0 aliphatic heterocycles. The van der Waals surface area contributed by atoms with Crippen molar-refractivity contribution in [3.05, 3.63) is 114 Å². The number of benzene rings is 3. The fourth-order valence-corrected chi connectivity index (χ4v) is 4.10. The SMILES string of the molecule is O=C(OCc1ccccc1)C(C(=O)OCc1ccccc1)C1CCC=C1c1ccccc1. The van der Waals surface area contributed by atoms with Gasteiger partial charge < -0.3 is 9.47 Å². The number of carbonyl (C=O) groups excluding carboxylic acids is 2. The Hall–Kier alpha value is -3.66. The van der Waals surface area contributed by atoms with Crippen LogP contribution in [0.1, 0.15) is 29.5 Å². The molecule has 32 heavy (non-hydrogen) atoms. The lowest BCUT2D eigenvalue weighted by Gasteiger charge is -2.24. The van der Waals surface area contributed by atoms with Gasteiger partial charge in [-0.1, -0.05) is 97.1 Å². The summed E-state index contributed by atoms with van der Waals surface area (Å²) in [4.78, 5) is 26.4. The van der Waals surface area contributed by atoms with Crippen LogP contribution < -0.4 is 0 Å². The number of rotatable bonds is 8. The van der Waals surface area contributed by atoms with Crippen LogP contribution in [-0.2, 0) is 32.3 Å². The summed E-state index contributed by atoms with van der Waals surface area (Å²) in [6, 6.07) is 28.8. The van der Waals surface area contributed by atoms with Gasteiger partial charge in [-0.3, -0.25) is 9.59 Å². The average Bonchev–Trinajstić information content (AvgIpc) is 3.33. The molecule has 4 heteroatoms. The summed E-state index contributed by atoms with van der Waals surface area (Å²) in [6.45, 7) is 0.248. The van der Waals surface area contributed by atoms with E-state index >= 15 is 0 Å². The standard InChI is InChI=1S/C28H26O4/c29-27(31-19-21-11-4-1-5-12-21)26(28(30)32-20-22-13-6-2-7-14-22)25-18-10-17-24(25)23-15-8-3-9-16-23/h1-9,11-17,25-26H,10,18-20H2. The molecular formula is C28H26O4.